The fourth-order valence-corrected chi connectivity index (χ4v) is 11.9. The summed E-state index contributed by atoms with van der Waals surface area (Å²) in [5, 5.41) is 2.10. The number of fused-ring (bicyclic) bond motifs is 7. The van der Waals surface area contributed by atoms with Crippen LogP contribution in [-0.2, 0) is 17.3 Å². The van der Waals surface area contributed by atoms with Gasteiger partial charge < -0.3 is 14.4 Å². The van der Waals surface area contributed by atoms with Crippen molar-refractivity contribution in [3.63, 3.8) is 0 Å². The van der Waals surface area contributed by atoms with Crippen LogP contribution in [0.2, 0.25) is 0 Å². The molecule has 286 valence electrons. The molecule has 3 nitrogen and oxygen atoms in total. The van der Waals surface area contributed by atoms with Crippen LogP contribution >= 0.6 is 22.7 Å². The van der Waals surface area contributed by atoms with E-state index in [1.165, 1.54) is 107 Å². The zero-order valence-corrected chi connectivity index (χ0v) is 35.2. The molecule has 1 aliphatic heterocycles. The maximum Gasteiger partial charge on any atom is 0.180 e. The van der Waals surface area contributed by atoms with Crippen LogP contribution in [0, 0.1) is 0 Å². The zero-order chi connectivity index (χ0) is 38.9. The van der Waals surface area contributed by atoms with Crippen LogP contribution in [-0.4, -0.2) is 13.2 Å². The van der Waals surface area contributed by atoms with E-state index < -0.39 is 0 Å². The Morgan fingerprint density at radius 3 is 1.79 bits per heavy atom. The fourth-order valence-electron chi connectivity index (χ4n) is 9.62. The zero-order valence-electron chi connectivity index (χ0n) is 33.6. The van der Waals surface area contributed by atoms with E-state index in [0.29, 0.717) is 13.2 Å². The van der Waals surface area contributed by atoms with Crippen molar-refractivity contribution in [1.29, 1.82) is 0 Å². The first-order chi connectivity index (χ1) is 27.7. The fraction of sp³-hybridized carbons (Fsp3) is 0.269. The summed E-state index contributed by atoms with van der Waals surface area (Å²) in [4.78, 5) is 6.28. The van der Waals surface area contributed by atoms with Crippen LogP contribution in [0.15, 0.2) is 121 Å². The van der Waals surface area contributed by atoms with Gasteiger partial charge in [0.15, 0.2) is 11.5 Å². The van der Waals surface area contributed by atoms with Gasteiger partial charge >= 0.3 is 0 Å². The molecule has 3 heterocycles. The molecule has 2 aromatic heterocycles. The van der Waals surface area contributed by atoms with Crippen molar-refractivity contribution < 1.29 is 9.47 Å². The molecule has 0 spiro atoms. The first kappa shape index (κ1) is 36.3. The van der Waals surface area contributed by atoms with Gasteiger partial charge in [-0.05, 0) is 111 Å². The lowest BCUT2D eigenvalue weighted by molar-refractivity contribution is 0.174. The standard InChI is InChI=1S/C52H49NO2S2/c1-6-7-8-9-14-34-29-47(50-48-46(32-56-50)54-27-28-55-48)57-49(34)33-19-21-35(22-20-33)53(36-23-25-40-38-15-10-12-17-42(38)51(2,3)44(40)30-36)37-24-26-41-39-16-11-13-18-43(39)52(4,5)45(41)31-37/h10-13,15-26,29-32H,6-9,14,27-28H2,1-5H3. The molecule has 5 aromatic carbocycles. The van der Waals surface area contributed by atoms with Crippen LogP contribution in [0.1, 0.15) is 88.1 Å². The average molecular weight is 784 g/mol. The van der Waals surface area contributed by atoms with E-state index in [9.17, 15) is 0 Å². The molecule has 0 saturated heterocycles. The maximum absolute atomic E-state index is 6.15. The molecule has 0 fully saturated rings. The summed E-state index contributed by atoms with van der Waals surface area (Å²) in [6, 6.07) is 43.9. The van der Waals surface area contributed by atoms with Gasteiger partial charge in [0.05, 0.1) is 4.88 Å². The van der Waals surface area contributed by atoms with Crippen LogP contribution in [0.4, 0.5) is 17.1 Å². The molecule has 2 aliphatic carbocycles. The summed E-state index contributed by atoms with van der Waals surface area (Å²) in [6.07, 6.45) is 6.04. The summed E-state index contributed by atoms with van der Waals surface area (Å²) >= 11 is 3.62. The van der Waals surface area contributed by atoms with Gasteiger partial charge in [-0.3, -0.25) is 0 Å². The summed E-state index contributed by atoms with van der Waals surface area (Å²) in [7, 11) is 0. The number of anilines is 3. The predicted molar refractivity (Wildman–Crippen MR) is 242 cm³/mol. The van der Waals surface area contributed by atoms with Crippen LogP contribution in [0.25, 0.3) is 42.4 Å². The number of ether oxygens (including phenoxy) is 2. The molecule has 3 aliphatic rings. The van der Waals surface area contributed by atoms with Crippen LogP contribution < -0.4 is 14.4 Å². The quantitative estimate of drug-likeness (QED) is 0.129. The van der Waals surface area contributed by atoms with Gasteiger partial charge in [0.2, 0.25) is 0 Å². The highest BCUT2D eigenvalue weighted by atomic mass is 32.1. The molecule has 57 heavy (non-hydrogen) atoms. The number of unbranched alkanes of at least 4 members (excludes halogenated alkanes) is 3. The molecular weight excluding hydrogens is 735 g/mol. The van der Waals surface area contributed by atoms with E-state index in [4.69, 9.17) is 9.47 Å². The number of benzene rings is 5. The van der Waals surface area contributed by atoms with Gasteiger partial charge in [0.1, 0.15) is 13.2 Å². The molecule has 7 aromatic rings. The molecule has 0 atom stereocenters. The average Bonchev–Trinajstić information content (AvgIpc) is 3.97. The predicted octanol–water partition coefficient (Wildman–Crippen LogP) is 15.1. The third kappa shape index (κ3) is 5.96. The SMILES string of the molecule is CCCCCCc1cc(-c2scc3c2OCCO3)sc1-c1ccc(N(c2ccc3c(c2)C(C)(C)c2ccccc2-3)c2ccc3c(c2)C(C)(C)c2ccccc2-3)cc1. The molecule has 10 rings (SSSR count). The minimum Gasteiger partial charge on any atom is -0.485 e. The molecule has 0 saturated carbocycles. The molecule has 0 bridgehead atoms. The van der Waals surface area contributed by atoms with Crippen molar-refractivity contribution in [2.24, 2.45) is 0 Å². The van der Waals surface area contributed by atoms with E-state index >= 15 is 0 Å². The molecule has 5 heteroatoms. The largest absolute Gasteiger partial charge is 0.485 e. The Balaban J connectivity index is 1.08. The van der Waals surface area contributed by atoms with Gasteiger partial charge in [-0.1, -0.05) is 127 Å². The lowest BCUT2D eigenvalue weighted by Crippen LogP contribution is -2.18. The molecule has 0 unspecified atom stereocenters. The number of hydrogen-bond acceptors (Lipinski definition) is 5. The van der Waals surface area contributed by atoms with E-state index in [0.717, 1.165) is 23.6 Å². The number of rotatable bonds is 10. The number of hydrogen-bond donors (Lipinski definition) is 0. The molecule has 0 amide bonds. The third-order valence-electron chi connectivity index (χ3n) is 12.7. The van der Waals surface area contributed by atoms with Crippen molar-refractivity contribution in [2.75, 3.05) is 18.1 Å². The Morgan fingerprint density at radius 1 is 0.579 bits per heavy atom. The highest BCUT2D eigenvalue weighted by Crippen LogP contribution is 2.54. The topological polar surface area (TPSA) is 21.7 Å². The van der Waals surface area contributed by atoms with Crippen molar-refractivity contribution in [3.05, 3.63) is 148 Å². The second-order valence-electron chi connectivity index (χ2n) is 16.9. The van der Waals surface area contributed by atoms with E-state index in [-0.39, 0.29) is 10.8 Å². The second-order valence-corrected chi connectivity index (χ2v) is 18.8. The van der Waals surface area contributed by atoms with Gasteiger partial charge in [-0.15, -0.1) is 22.7 Å². The van der Waals surface area contributed by atoms with E-state index in [1.54, 1.807) is 11.3 Å². The normalized spacial score (nSPS) is 15.2. The second kappa shape index (κ2) is 14.1. The van der Waals surface area contributed by atoms with Crippen molar-refractivity contribution in [2.45, 2.75) is 77.6 Å². The Hall–Kier alpha value is -5.10. The molecule has 0 radical (unpaired) electrons. The van der Waals surface area contributed by atoms with Crippen molar-refractivity contribution in [1.82, 2.24) is 0 Å². The third-order valence-corrected chi connectivity index (χ3v) is 15.0. The Labute approximate surface area is 345 Å². The minimum atomic E-state index is -0.0948. The van der Waals surface area contributed by atoms with Gasteiger partial charge in [-0.2, -0.15) is 0 Å². The van der Waals surface area contributed by atoms with Crippen LogP contribution in [0.3, 0.4) is 0 Å². The minimum absolute atomic E-state index is 0.0948. The summed E-state index contributed by atoms with van der Waals surface area (Å²) < 4.78 is 12.1. The number of nitrogens with zero attached hydrogens (tertiary/aromatic N) is 1. The summed E-state index contributed by atoms with van der Waals surface area (Å²) in [5.74, 6) is 1.78. The maximum atomic E-state index is 6.15. The van der Waals surface area contributed by atoms with E-state index in [1.807, 2.05) is 11.3 Å². The monoisotopic (exact) mass is 783 g/mol. The number of thiophene rings is 2. The Bertz CT molecular complexity index is 2530. The first-order valence-corrected chi connectivity index (χ1v) is 22.3. The molecule has 0 N–H and O–H groups in total. The van der Waals surface area contributed by atoms with Crippen molar-refractivity contribution in [3.8, 4) is 53.9 Å². The highest BCUT2D eigenvalue weighted by molar-refractivity contribution is 7.23. The van der Waals surface area contributed by atoms with Gasteiger partial charge in [0, 0.05) is 43.0 Å². The van der Waals surface area contributed by atoms with Gasteiger partial charge in [-0.25, -0.2) is 0 Å². The van der Waals surface area contributed by atoms with E-state index in [2.05, 4.69) is 160 Å². The Kier molecular flexibility index (Phi) is 8.95. The lowest BCUT2D eigenvalue weighted by Gasteiger charge is -2.30. The first-order valence-electron chi connectivity index (χ1n) is 20.6. The summed E-state index contributed by atoms with van der Waals surface area (Å²) in [6.45, 7) is 13.0. The molecular formula is C52H49NO2S2. The summed E-state index contributed by atoms with van der Waals surface area (Å²) in [5.41, 5.74) is 16.9. The highest BCUT2D eigenvalue weighted by Gasteiger charge is 2.37. The van der Waals surface area contributed by atoms with Gasteiger partial charge in [0.25, 0.3) is 0 Å². The Morgan fingerprint density at radius 2 is 1.16 bits per heavy atom. The van der Waals surface area contributed by atoms with Crippen LogP contribution in [0.5, 0.6) is 11.5 Å². The van der Waals surface area contributed by atoms with Crippen molar-refractivity contribution >= 4 is 39.7 Å². The smallest absolute Gasteiger partial charge is 0.180 e. The number of aryl methyl sites for hydroxylation is 1. The lowest BCUT2D eigenvalue weighted by atomic mass is 9.82.